The second-order valence-electron chi connectivity index (χ2n) is 2.52. The van der Waals surface area contributed by atoms with Gasteiger partial charge in [0.25, 0.3) is 0 Å². The molecule has 0 unspecified atom stereocenters. The van der Waals surface area contributed by atoms with Crippen LogP contribution in [0.1, 0.15) is 5.56 Å². The number of ether oxygens (including phenoxy) is 3. The van der Waals surface area contributed by atoms with Gasteiger partial charge in [-0.15, -0.1) is 0 Å². The van der Waals surface area contributed by atoms with Crippen molar-refractivity contribution in [2.75, 3.05) is 21.3 Å². The number of rotatable bonds is 3. The van der Waals surface area contributed by atoms with Gasteiger partial charge in [0.2, 0.25) is 0 Å². The summed E-state index contributed by atoms with van der Waals surface area (Å²) in [6, 6.07) is 5.28. The first-order chi connectivity index (χ1) is 6.76. The first-order valence-electron chi connectivity index (χ1n) is 3.97. The van der Waals surface area contributed by atoms with Crippen LogP contribution in [-0.4, -0.2) is 21.3 Å². The third-order valence-electron chi connectivity index (χ3n) is 1.81. The first kappa shape index (κ1) is 10.2. The molecule has 1 rings (SSSR count). The van der Waals surface area contributed by atoms with Gasteiger partial charge in [0.05, 0.1) is 21.3 Å². The van der Waals surface area contributed by atoms with Crippen molar-refractivity contribution in [1.29, 1.82) is 5.26 Å². The van der Waals surface area contributed by atoms with Crippen molar-refractivity contribution in [3.8, 4) is 23.3 Å². The standard InChI is InChI=1S/C10H11NO3/c1-12-8-4-7(6-11)10(14-3)9(5-8)13-2/h4-5H,1-3H3. The van der Waals surface area contributed by atoms with Crippen LogP contribution >= 0.6 is 0 Å². The number of hydrogen-bond acceptors (Lipinski definition) is 4. The van der Waals surface area contributed by atoms with Gasteiger partial charge in [0.15, 0.2) is 11.5 Å². The zero-order valence-electron chi connectivity index (χ0n) is 8.33. The van der Waals surface area contributed by atoms with Crippen molar-refractivity contribution >= 4 is 0 Å². The zero-order chi connectivity index (χ0) is 10.6. The average molecular weight is 193 g/mol. The molecule has 0 bridgehead atoms. The van der Waals surface area contributed by atoms with Gasteiger partial charge in [-0.25, -0.2) is 0 Å². The summed E-state index contributed by atoms with van der Waals surface area (Å²) in [5.74, 6) is 1.48. The quantitative estimate of drug-likeness (QED) is 0.731. The summed E-state index contributed by atoms with van der Waals surface area (Å²) >= 11 is 0. The van der Waals surface area contributed by atoms with E-state index in [9.17, 15) is 0 Å². The number of nitrogens with zero attached hydrogens (tertiary/aromatic N) is 1. The summed E-state index contributed by atoms with van der Waals surface area (Å²) in [5.41, 5.74) is 0.392. The van der Waals surface area contributed by atoms with E-state index >= 15 is 0 Å². The molecule has 1 aromatic rings. The van der Waals surface area contributed by atoms with Crippen molar-refractivity contribution in [3.63, 3.8) is 0 Å². The molecule has 1 aromatic carbocycles. The molecule has 0 amide bonds. The lowest BCUT2D eigenvalue weighted by atomic mass is 10.2. The van der Waals surface area contributed by atoms with E-state index in [0.717, 1.165) is 0 Å². The molecule has 14 heavy (non-hydrogen) atoms. The van der Waals surface area contributed by atoms with E-state index in [1.165, 1.54) is 21.3 Å². The minimum absolute atomic E-state index is 0.392. The number of benzene rings is 1. The summed E-state index contributed by atoms with van der Waals surface area (Å²) in [5, 5.41) is 8.85. The Morgan fingerprint density at radius 2 is 1.79 bits per heavy atom. The van der Waals surface area contributed by atoms with Crippen molar-refractivity contribution in [2.45, 2.75) is 0 Å². The lowest BCUT2D eigenvalue weighted by molar-refractivity contribution is 0.348. The maximum absolute atomic E-state index is 8.85. The fourth-order valence-corrected chi connectivity index (χ4v) is 1.14. The van der Waals surface area contributed by atoms with E-state index in [2.05, 4.69) is 0 Å². The molecule has 0 heterocycles. The molecular formula is C10H11NO3. The molecule has 0 radical (unpaired) electrons. The van der Waals surface area contributed by atoms with E-state index in [1.807, 2.05) is 6.07 Å². The molecule has 0 aliphatic carbocycles. The Morgan fingerprint density at radius 3 is 2.21 bits per heavy atom. The molecular weight excluding hydrogens is 182 g/mol. The highest BCUT2D eigenvalue weighted by Crippen LogP contribution is 2.34. The van der Waals surface area contributed by atoms with Gasteiger partial charge < -0.3 is 14.2 Å². The summed E-state index contributed by atoms with van der Waals surface area (Å²) in [6.07, 6.45) is 0. The Hall–Kier alpha value is -1.89. The number of hydrogen-bond donors (Lipinski definition) is 0. The van der Waals surface area contributed by atoms with Crippen LogP contribution in [0.5, 0.6) is 17.2 Å². The van der Waals surface area contributed by atoms with Gasteiger partial charge in [-0.2, -0.15) is 5.26 Å². The maximum Gasteiger partial charge on any atom is 0.178 e. The number of methoxy groups -OCH3 is 3. The fraction of sp³-hybridized carbons (Fsp3) is 0.300. The molecule has 0 N–H and O–H groups in total. The molecule has 0 spiro atoms. The van der Waals surface area contributed by atoms with Crippen LogP contribution < -0.4 is 14.2 Å². The highest BCUT2D eigenvalue weighted by atomic mass is 16.5. The van der Waals surface area contributed by atoms with Gasteiger partial charge in [-0.3, -0.25) is 0 Å². The molecule has 74 valence electrons. The maximum atomic E-state index is 8.85. The van der Waals surface area contributed by atoms with E-state index in [1.54, 1.807) is 12.1 Å². The van der Waals surface area contributed by atoms with Gasteiger partial charge >= 0.3 is 0 Å². The monoisotopic (exact) mass is 193 g/mol. The second kappa shape index (κ2) is 4.38. The third kappa shape index (κ3) is 1.72. The first-order valence-corrected chi connectivity index (χ1v) is 3.97. The third-order valence-corrected chi connectivity index (χ3v) is 1.81. The Kier molecular flexibility index (Phi) is 3.19. The molecule has 4 heteroatoms. The Morgan fingerprint density at radius 1 is 1.07 bits per heavy atom. The summed E-state index contributed by atoms with van der Waals surface area (Å²) in [4.78, 5) is 0. The zero-order valence-corrected chi connectivity index (χ0v) is 8.33. The normalized spacial score (nSPS) is 9.00. The molecule has 0 aliphatic rings. The van der Waals surface area contributed by atoms with Crippen LogP contribution in [0.25, 0.3) is 0 Å². The van der Waals surface area contributed by atoms with Gasteiger partial charge in [0, 0.05) is 12.1 Å². The van der Waals surface area contributed by atoms with E-state index in [-0.39, 0.29) is 0 Å². The average Bonchev–Trinajstić information content (AvgIpc) is 2.26. The Labute approximate surface area is 82.6 Å². The van der Waals surface area contributed by atoms with Gasteiger partial charge in [-0.05, 0) is 0 Å². The summed E-state index contributed by atoms with van der Waals surface area (Å²) < 4.78 is 15.1. The molecule has 0 saturated heterocycles. The molecule has 0 saturated carbocycles. The fourth-order valence-electron chi connectivity index (χ4n) is 1.14. The van der Waals surface area contributed by atoms with Gasteiger partial charge in [0.1, 0.15) is 17.4 Å². The van der Waals surface area contributed by atoms with Crippen LogP contribution in [0.15, 0.2) is 12.1 Å². The van der Waals surface area contributed by atoms with Crippen LogP contribution in [-0.2, 0) is 0 Å². The van der Waals surface area contributed by atoms with Crippen molar-refractivity contribution in [1.82, 2.24) is 0 Å². The molecule has 0 atom stereocenters. The highest BCUT2D eigenvalue weighted by Gasteiger charge is 2.11. The minimum atomic E-state index is 0.392. The van der Waals surface area contributed by atoms with Crippen molar-refractivity contribution in [2.24, 2.45) is 0 Å². The lowest BCUT2D eigenvalue weighted by Gasteiger charge is -2.10. The largest absolute Gasteiger partial charge is 0.497 e. The minimum Gasteiger partial charge on any atom is -0.497 e. The Bertz CT molecular complexity index is 368. The molecule has 0 fully saturated rings. The van der Waals surface area contributed by atoms with Gasteiger partial charge in [-0.1, -0.05) is 0 Å². The topological polar surface area (TPSA) is 51.5 Å². The van der Waals surface area contributed by atoms with Crippen LogP contribution in [0.4, 0.5) is 0 Å². The van der Waals surface area contributed by atoms with Crippen molar-refractivity contribution < 1.29 is 14.2 Å². The molecule has 0 aromatic heterocycles. The molecule has 0 aliphatic heterocycles. The van der Waals surface area contributed by atoms with Crippen molar-refractivity contribution in [3.05, 3.63) is 17.7 Å². The van der Waals surface area contributed by atoms with E-state index in [0.29, 0.717) is 22.8 Å². The van der Waals surface area contributed by atoms with Crippen LogP contribution in [0.2, 0.25) is 0 Å². The SMILES string of the molecule is COc1cc(C#N)c(OC)c(OC)c1. The Balaban J connectivity index is 3.34. The summed E-state index contributed by atoms with van der Waals surface area (Å²) in [6.45, 7) is 0. The predicted octanol–water partition coefficient (Wildman–Crippen LogP) is 1.58. The lowest BCUT2D eigenvalue weighted by Crippen LogP contribution is -1.95. The number of nitriles is 1. The van der Waals surface area contributed by atoms with E-state index in [4.69, 9.17) is 19.5 Å². The van der Waals surface area contributed by atoms with E-state index < -0.39 is 0 Å². The van der Waals surface area contributed by atoms with Crippen LogP contribution in [0, 0.1) is 11.3 Å². The highest BCUT2D eigenvalue weighted by molar-refractivity contribution is 5.56. The molecule has 4 nitrogen and oxygen atoms in total. The van der Waals surface area contributed by atoms with Crippen LogP contribution in [0.3, 0.4) is 0 Å². The smallest absolute Gasteiger partial charge is 0.178 e. The summed E-state index contributed by atoms with van der Waals surface area (Å²) in [7, 11) is 4.53. The second-order valence-corrected chi connectivity index (χ2v) is 2.52. The predicted molar refractivity (Wildman–Crippen MR) is 50.8 cm³/mol.